The molecule has 0 aliphatic carbocycles. The Morgan fingerprint density at radius 2 is 1.92 bits per heavy atom. The second kappa shape index (κ2) is 10.5. The molecule has 1 aliphatic rings. The summed E-state index contributed by atoms with van der Waals surface area (Å²) >= 11 is 0. The average molecular weight is 483 g/mol. The van der Waals surface area contributed by atoms with Crippen LogP contribution in [0.25, 0.3) is 39.2 Å². The smallest absolute Gasteiger partial charge is 0.161 e. The summed E-state index contributed by atoms with van der Waals surface area (Å²) in [6.45, 7) is 13.9. The van der Waals surface area contributed by atoms with E-state index in [2.05, 4.69) is 81.2 Å². The molecule has 1 fully saturated rings. The number of nitrogens with one attached hydrogen (secondary N) is 3. The third-order valence-corrected chi connectivity index (χ3v) is 6.76. The summed E-state index contributed by atoms with van der Waals surface area (Å²) in [7, 11) is 2.17. The number of pyridine rings is 1. The minimum absolute atomic E-state index is 0.721. The van der Waals surface area contributed by atoms with Crippen LogP contribution in [0.5, 0.6) is 0 Å². The first-order valence-electron chi connectivity index (χ1n) is 12.6. The van der Waals surface area contributed by atoms with Gasteiger partial charge in [-0.25, -0.2) is 9.97 Å². The number of fused-ring (bicyclic) bond motifs is 2. The first-order valence-corrected chi connectivity index (χ1v) is 12.6. The number of hydrogen-bond acceptors (Lipinski definition) is 6. The number of hydrogen-bond donors (Lipinski definition) is 3. The van der Waals surface area contributed by atoms with Gasteiger partial charge in [-0.2, -0.15) is 5.10 Å². The van der Waals surface area contributed by atoms with E-state index in [1.54, 1.807) is 0 Å². The molecule has 0 bridgehead atoms. The zero-order valence-corrected chi connectivity index (χ0v) is 21.3. The Morgan fingerprint density at radius 3 is 2.67 bits per heavy atom. The third kappa shape index (κ3) is 4.69. The van der Waals surface area contributed by atoms with Crippen molar-refractivity contribution in [1.29, 1.82) is 0 Å². The summed E-state index contributed by atoms with van der Waals surface area (Å²) in [5, 5.41) is 11.1. The molecule has 3 N–H and O–H groups in total. The third-order valence-electron chi connectivity index (χ3n) is 6.76. The van der Waals surface area contributed by atoms with Gasteiger partial charge < -0.3 is 20.1 Å². The molecular formula is C28H34N8. The monoisotopic (exact) mass is 482 g/mol. The number of aromatic amines is 2. The van der Waals surface area contributed by atoms with Gasteiger partial charge in [0.25, 0.3) is 0 Å². The predicted octanol–water partition coefficient (Wildman–Crippen LogP) is 4.38. The van der Waals surface area contributed by atoms with E-state index in [4.69, 9.17) is 9.97 Å². The zero-order valence-electron chi connectivity index (χ0n) is 21.3. The molecule has 1 aliphatic heterocycles. The molecule has 0 spiro atoms. The number of nitrogens with zero attached hydrogens (tertiary/aromatic N) is 5. The normalized spacial score (nSPS) is 15.8. The number of anilines is 1. The highest BCUT2D eigenvalue weighted by atomic mass is 15.3. The van der Waals surface area contributed by atoms with Crippen LogP contribution in [0.2, 0.25) is 0 Å². The van der Waals surface area contributed by atoms with Gasteiger partial charge in [0, 0.05) is 32.7 Å². The van der Waals surface area contributed by atoms with Crippen LogP contribution in [-0.2, 0) is 0 Å². The lowest BCUT2D eigenvalue weighted by Gasteiger charge is -2.34. The minimum Gasteiger partial charge on any atom is -0.367 e. The number of para-hydroxylation sites is 1. The van der Waals surface area contributed by atoms with Crippen molar-refractivity contribution in [3.05, 3.63) is 66.4 Å². The average Bonchev–Trinajstić information content (AvgIpc) is 3.53. The Morgan fingerprint density at radius 1 is 1.08 bits per heavy atom. The molecule has 0 unspecified atom stereocenters. The molecule has 8 nitrogen and oxygen atoms in total. The summed E-state index contributed by atoms with van der Waals surface area (Å²) in [5.74, 6) is 0.721. The van der Waals surface area contributed by atoms with E-state index in [0.717, 1.165) is 95.4 Å². The minimum atomic E-state index is 0.721. The summed E-state index contributed by atoms with van der Waals surface area (Å²) in [6.07, 6.45) is 6.10. The van der Waals surface area contributed by atoms with Crippen LogP contribution in [0.1, 0.15) is 19.5 Å². The van der Waals surface area contributed by atoms with E-state index < -0.39 is 0 Å². The molecule has 4 heterocycles. The zero-order chi connectivity index (χ0) is 25.1. The van der Waals surface area contributed by atoms with Crippen LogP contribution in [0.15, 0.2) is 60.7 Å². The van der Waals surface area contributed by atoms with Gasteiger partial charge in [0.05, 0.1) is 22.4 Å². The molecule has 0 saturated carbocycles. The Kier molecular flexibility index (Phi) is 6.97. The van der Waals surface area contributed by atoms with Gasteiger partial charge in [-0.05, 0) is 62.0 Å². The maximum Gasteiger partial charge on any atom is 0.161 e. The van der Waals surface area contributed by atoms with Crippen molar-refractivity contribution in [3.63, 3.8) is 0 Å². The Balaban J connectivity index is 1.52. The van der Waals surface area contributed by atoms with Crippen molar-refractivity contribution in [2.24, 2.45) is 0 Å². The molecule has 36 heavy (non-hydrogen) atoms. The van der Waals surface area contributed by atoms with Crippen molar-refractivity contribution in [3.8, 4) is 11.5 Å². The number of likely N-dealkylation sites (N-methyl/N-ethyl adjacent to an activating group) is 2. The fourth-order valence-corrected chi connectivity index (χ4v) is 4.61. The van der Waals surface area contributed by atoms with Gasteiger partial charge in [0.1, 0.15) is 11.0 Å². The highest BCUT2D eigenvalue weighted by Crippen LogP contribution is 2.31. The van der Waals surface area contributed by atoms with Gasteiger partial charge in [-0.15, -0.1) is 0 Å². The molecule has 0 atom stereocenters. The maximum atomic E-state index is 5.01. The molecule has 1 saturated heterocycles. The van der Waals surface area contributed by atoms with E-state index in [-0.39, 0.29) is 0 Å². The van der Waals surface area contributed by atoms with Crippen LogP contribution in [0.4, 0.5) is 5.69 Å². The Labute approximate surface area is 211 Å². The summed E-state index contributed by atoms with van der Waals surface area (Å²) in [6, 6.07) is 10.4. The number of aromatic nitrogens is 5. The number of imidazole rings is 1. The Bertz CT molecular complexity index is 1430. The molecule has 1 aromatic carbocycles. The lowest BCUT2D eigenvalue weighted by molar-refractivity contribution is 0.313. The standard InChI is InChI=1S/C28H34N8/c1-5-19(18-29-7-3)17-20(6-2)21-11-12-23-26(30-21)27(34-33-23)28-31-22-9-8-10-24(25(22)32-28)36-15-13-35(4)14-16-36/h5-6,8-12,17,29H,1,7,13-16,18H2,2-4H3,(H,31,32)(H,33,34)/b19-17+,20-6+. The number of rotatable bonds is 8. The highest BCUT2D eigenvalue weighted by Gasteiger charge is 2.20. The largest absolute Gasteiger partial charge is 0.367 e. The first-order chi connectivity index (χ1) is 17.6. The van der Waals surface area contributed by atoms with Gasteiger partial charge in [-0.3, -0.25) is 5.10 Å². The molecule has 0 radical (unpaired) electrons. The number of allylic oxidation sites excluding steroid dienone is 3. The van der Waals surface area contributed by atoms with Crippen LogP contribution in [-0.4, -0.2) is 76.4 Å². The summed E-state index contributed by atoms with van der Waals surface area (Å²) < 4.78 is 0. The predicted molar refractivity (Wildman–Crippen MR) is 149 cm³/mol. The molecule has 186 valence electrons. The van der Waals surface area contributed by atoms with Gasteiger partial charge in [0.15, 0.2) is 11.5 Å². The van der Waals surface area contributed by atoms with Crippen LogP contribution >= 0.6 is 0 Å². The Hall–Kier alpha value is -3.75. The topological polar surface area (TPSA) is 88.8 Å². The molecule has 0 amide bonds. The van der Waals surface area contributed by atoms with Crippen LogP contribution in [0, 0.1) is 0 Å². The van der Waals surface area contributed by atoms with Crippen LogP contribution in [0.3, 0.4) is 0 Å². The molecule has 8 heteroatoms. The van der Waals surface area contributed by atoms with Crippen LogP contribution < -0.4 is 10.2 Å². The van der Waals surface area contributed by atoms with Gasteiger partial charge in [0.2, 0.25) is 0 Å². The van der Waals surface area contributed by atoms with Crippen molar-refractivity contribution in [2.75, 3.05) is 51.2 Å². The highest BCUT2D eigenvalue weighted by molar-refractivity contribution is 5.95. The van der Waals surface area contributed by atoms with E-state index in [0.29, 0.717) is 0 Å². The lowest BCUT2D eigenvalue weighted by atomic mass is 10.1. The number of benzene rings is 1. The first kappa shape index (κ1) is 24.0. The number of piperazine rings is 1. The second-order valence-electron chi connectivity index (χ2n) is 9.16. The van der Waals surface area contributed by atoms with Crippen molar-refractivity contribution in [2.45, 2.75) is 13.8 Å². The van der Waals surface area contributed by atoms with Gasteiger partial charge >= 0.3 is 0 Å². The fourth-order valence-electron chi connectivity index (χ4n) is 4.61. The molecule has 4 aromatic rings. The van der Waals surface area contributed by atoms with Gasteiger partial charge in [-0.1, -0.05) is 31.7 Å². The maximum absolute atomic E-state index is 5.01. The van der Waals surface area contributed by atoms with Crippen molar-refractivity contribution in [1.82, 2.24) is 35.4 Å². The van der Waals surface area contributed by atoms with E-state index >= 15 is 0 Å². The quantitative estimate of drug-likeness (QED) is 0.323. The van der Waals surface area contributed by atoms with E-state index in [1.165, 1.54) is 0 Å². The SMILES string of the molecule is C=C/C(=C\C(=C/C)c1ccc2[nH]nc(-c3nc4c(N5CCN(C)CC5)cccc4[nH]3)c2n1)CNCC. The lowest BCUT2D eigenvalue weighted by Crippen LogP contribution is -2.44. The fraction of sp³-hybridized carbons (Fsp3) is 0.321. The van der Waals surface area contributed by atoms with E-state index in [1.807, 2.05) is 25.1 Å². The van der Waals surface area contributed by atoms with Crippen molar-refractivity contribution < 1.29 is 0 Å². The molecular weight excluding hydrogens is 448 g/mol. The number of H-pyrrole nitrogens is 2. The molecule has 3 aromatic heterocycles. The summed E-state index contributed by atoms with van der Waals surface area (Å²) in [4.78, 5) is 18.3. The second-order valence-corrected chi connectivity index (χ2v) is 9.16. The molecule has 5 rings (SSSR count). The van der Waals surface area contributed by atoms with Crippen molar-refractivity contribution >= 4 is 33.3 Å². The summed E-state index contributed by atoms with van der Waals surface area (Å²) in [5.41, 5.74) is 8.59. The van der Waals surface area contributed by atoms with E-state index in [9.17, 15) is 0 Å².